The molecule has 0 saturated heterocycles. The fourth-order valence-corrected chi connectivity index (χ4v) is 1.44. The van der Waals surface area contributed by atoms with Gasteiger partial charge in [0.05, 0.1) is 18.5 Å². The maximum atomic E-state index is 5.91. The van der Waals surface area contributed by atoms with Crippen LogP contribution < -0.4 is 15.8 Å². The SMILES string of the molecule is CCCC(N)CNc1cncc(OC(C)C)n1. The Balaban J connectivity index is 2.48. The van der Waals surface area contributed by atoms with Gasteiger partial charge >= 0.3 is 0 Å². The van der Waals surface area contributed by atoms with Crippen molar-refractivity contribution in [3.8, 4) is 5.88 Å². The third kappa shape index (κ3) is 5.49. The molecule has 5 nitrogen and oxygen atoms in total. The molecule has 0 aliphatic carbocycles. The van der Waals surface area contributed by atoms with Crippen LogP contribution in [-0.4, -0.2) is 28.7 Å². The highest BCUT2D eigenvalue weighted by Crippen LogP contribution is 2.10. The molecular formula is C12H22N4O. The van der Waals surface area contributed by atoms with Crippen molar-refractivity contribution in [2.75, 3.05) is 11.9 Å². The Kier molecular flexibility index (Phi) is 5.69. The summed E-state index contributed by atoms with van der Waals surface area (Å²) in [5.74, 6) is 1.24. The van der Waals surface area contributed by atoms with Gasteiger partial charge < -0.3 is 15.8 Å². The number of anilines is 1. The van der Waals surface area contributed by atoms with E-state index in [0.717, 1.165) is 12.8 Å². The zero-order valence-corrected chi connectivity index (χ0v) is 10.8. The molecule has 1 rings (SSSR count). The smallest absolute Gasteiger partial charge is 0.234 e. The van der Waals surface area contributed by atoms with Gasteiger partial charge in [0.2, 0.25) is 5.88 Å². The zero-order valence-electron chi connectivity index (χ0n) is 10.8. The van der Waals surface area contributed by atoms with Gasteiger partial charge in [0.15, 0.2) is 0 Å². The molecule has 1 aromatic heterocycles. The first kappa shape index (κ1) is 13.7. The Bertz CT molecular complexity index is 330. The number of hydrogen-bond donors (Lipinski definition) is 2. The lowest BCUT2D eigenvalue weighted by molar-refractivity contribution is 0.232. The van der Waals surface area contributed by atoms with Crippen LogP contribution in [0.5, 0.6) is 5.88 Å². The van der Waals surface area contributed by atoms with E-state index in [1.807, 2.05) is 13.8 Å². The molecule has 0 bridgehead atoms. The van der Waals surface area contributed by atoms with Crippen LogP contribution in [0.15, 0.2) is 12.4 Å². The van der Waals surface area contributed by atoms with Gasteiger partial charge in [-0.3, -0.25) is 4.98 Å². The van der Waals surface area contributed by atoms with E-state index in [2.05, 4.69) is 22.2 Å². The molecule has 17 heavy (non-hydrogen) atoms. The van der Waals surface area contributed by atoms with Crippen molar-refractivity contribution in [1.29, 1.82) is 0 Å². The minimum atomic E-state index is 0.0990. The number of aromatic nitrogens is 2. The summed E-state index contributed by atoms with van der Waals surface area (Å²) in [6, 6.07) is 0.150. The molecule has 96 valence electrons. The number of hydrogen-bond acceptors (Lipinski definition) is 5. The first-order valence-electron chi connectivity index (χ1n) is 6.10. The molecule has 1 heterocycles. The Hall–Kier alpha value is -1.36. The molecule has 0 spiro atoms. The van der Waals surface area contributed by atoms with Crippen molar-refractivity contribution in [3.63, 3.8) is 0 Å². The van der Waals surface area contributed by atoms with Crippen molar-refractivity contribution >= 4 is 5.82 Å². The molecular weight excluding hydrogens is 216 g/mol. The van der Waals surface area contributed by atoms with E-state index in [0.29, 0.717) is 18.2 Å². The van der Waals surface area contributed by atoms with Gasteiger partial charge in [-0.05, 0) is 20.3 Å². The predicted molar refractivity (Wildman–Crippen MR) is 69.2 cm³/mol. The first-order valence-corrected chi connectivity index (χ1v) is 6.10. The number of nitrogens with two attached hydrogens (primary N) is 1. The van der Waals surface area contributed by atoms with E-state index in [-0.39, 0.29) is 12.1 Å². The number of rotatable bonds is 7. The van der Waals surface area contributed by atoms with Crippen LogP contribution in [-0.2, 0) is 0 Å². The molecule has 0 fully saturated rings. The van der Waals surface area contributed by atoms with E-state index in [1.165, 1.54) is 0 Å². The van der Waals surface area contributed by atoms with E-state index < -0.39 is 0 Å². The number of ether oxygens (including phenoxy) is 1. The molecule has 0 aliphatic rings. The molecule has 1 atom stereocenters. The summed E-state index contributed by atoms with van der Waals surface area (Å²) < 4.78 is 5.46. The molecule has 0 aromatic carbocycles. The van der Waals surface area contributed by atoms with Gasteiger partial charge in [0, 0.05) is 12.6 Å². The summed E-state index contributed by atoms with van der Waals surface area (Å²) in [7, 11) is 0. The third-order valence-electron chi connectivity index (χ3n) is 2.17. The number of nitrogens with zero attached hydrogens (tertiary/aromatic N) is 2. The van der Waals surface area contributed by atoms with Gasteiger partial charge in [-0.1, -0.05) is 13.3 Å². The summed E-state index contributed by atoms with van der Waals surface area (Å²) in [6.45, 7) is 6.74. The number of nitrogens with one attached hydrogen (secondary N) is 1. The van der Waals surface area contributed by atoms with Crippen LogP contribution in [0.1, 0.15) is 33.6 Å². The minimum Gasteiger partial charge on any atom is -0.474 e. The lowest BCUT2D eigenvalue weighted by atomic mass is 10.2. The normalized spacial score (nSPS) is 12.5. The van der Waals surface area contributed by atoms with Gasteiger partial charge in [-0.15, -0.1) is 0 Å². The first-order chi connectivity index (χ1) is 8.11. The summed E-state index contributed by atoms with van der Waals surface area (Å²) >= 11 is 0. The molecule has 0 radical (unpaired) electrons. The Morgan fingerprint density at radius 3 is 2.82 bits per heavy atom. The Morgan fingerprint density at radius 2 is 2.18 bits per heavy atom. The van der Waals surface area contributed by atoms with Crippen LogP contribution in [0, 0.1) is 0 Å². The molecule has 1 aromatic rings. The second-order valence-corrected chi connectivity index (χ2v) is 4.34. The summed E-state index contributed by atoms with van der Waals surface area (Å²) in [5.41, 5.74) is 5.91. The maximum absolute atomic E-state index is 5.91. The lowest BCUT2D eigenvalue weighted by Crippen LogP contribution is -2.29. The summed E-state index contributed by atoms with van der Waals surface area (Å²) in [6.07, 6.45) is 5.47. The fourth-order valence-electron chi connectivity index (χ4n) is 1.44. The van der Waals surface area contributed by atoms with Gasteiger partial charge in [-0.2, -0.15) is 4.98 Å². The van der Waals surface area contributed by atoms with E-state index in [1.54, 1.807) is 12.4 Å². The van der Waals surface area contributed by atoms with Crippen LogP contribution in [0.2, 0.25) is 0 Å². The lowest BCUT2D eigenvalue weighted by Gasteiger charge is -2.13. The van der Waals surface area contributed by atoms with Crippen LogP contribution >= 0.6 is 0 Å². The van der Waals surface area contributed by atoms with Crippen molar-refractivity contribution < 1.29 is 4.74 Å². The molecule has 0 aliphatic heterocycles. The van der Waals surface area contributed by atoms with E-state index in [9.17, 15) is 0 Å². The quantitative estimate of drug-likeness (QED) is 0.757. The van der Waals surface area contributed by atoms with E-state index >= 15 is 0 Å². The zero-order chi connectivity index (χ0) is 12.7. The third-order valence-corrected chi connectivity index (χ3v) is 2.17. The van der Waals surface area contributed by atoms with Crippen molar-refractivity contribution in [3.05, 3.63) is 12.4 Å². The molecule has 0 amide bonds. The molecule has 0 saturated carbocycles. The monoisotopic (exact) mass is 238 g/mol. The second kappa shape index (κ2) is 7.06. The van der Waals surface area contributed by atoms with Crippen molar-refractivity contribution in [2.45, 2.75) is 45.8 Å². The largest absolute Gasteiger partial charge is 0.474 e. The Morgan fingerprint density at radius 1 is 1.41 bits per heavy atom. The van der Waals surface area contributed by atoms with Gasteiger partial charge in [0.1, 0.15) is 5.82 Å². The fraction of sp³-hybridized carbons (Fsp3) is 0.667. The predicted octanol–water partition coefficient (Wildman–Crippen LogP) is 1.80. The maximum Gasteiger partial charge on any atom is 0.234 e. The van der Waals surface area contributed by atoms with Crippen LogP contribution in [0.3, 0.4) is 0 Å². The summed E-state index contributed by atoms with van der Waals surface area (Å²) in [4.78, 5) is 8.36. The molecule has 1 unspecified atom stereocenters. The standard InChI is InChI=1S/C12H22N4O/c1-4-5-10(13)6-15-11-7-14-8-12(16-11)17-9(2)3/h7-10H,4-6,13H2,1-3H3,(H,15,16). The van der Waals surface area contributed by atoms with Gasteiger partial charge in [-0.25, -0.2) is 0 Å². The summed E-state index contributed by atoms with van der Waals surface area (Å²) in [5, 5.41) is 3.16. The average molecular weight is 238 g/mol. The highest BCUT2D eigenvalue weighted by molar-refractivity contribution is 5.33. The highest BCUT2D eigenvalue weighted by Gasteiger charge is 2.04. The van der Waals surface area contributed by atoms with Crippen LogP contribution in [0.4, 0.5) is 5.82 Å². The van der Waals surface area contributed by atoms with Crippen molar-refractivity contribution in [1.82, 2.24) is 9.97 Å². The molecule has 5 heteroatoms. The van der Waals surface area contributed by atoms with Crippen LogP contribution in [0.25, 0.3) is 0 Å². The highest BCUT2D eigenvalue weighted by atomic mass is 16.5. The van der Waals surface area contributed by atoms with Gasteiger partial charge in [0.25, 0.3) is 0 Å². The van der Waals surface area contributed by atoms with E-state index in [4.69, 9.17) is 10.5 Å². The topological polar surface area (TPSA) is 73.1 Å². The minimum absolute atomic E-state index is 0.0990. The molecule has 3 N–H and O–H groups in total. The Labute approximate surface area is 103 Å². The second-order valence-electron chi connectivity index (χ2n) is 4.34. The average Bonchev–Trinajstić information content (AvgIpc) is 2.26. The van der Waals surface area contributed by atoms with Crippen molar-refractivity contribution in [2.24, 2.45) is 5.73 Å².